The molecule has 0 aliphatic rings. The summed E-state index contributed by atoms with van der Waals surface area (Å²) in [6.45, 7) is 0. The minimum Gasteiger partial charge on any atom is -0.344 e. The Morgan fingerprint density at radius 3 is 2.50 bits per heavy atom. The van der Waals surface area contributed by atoms with E-state index in [2.05, 4.69) is 4.98 Å². The molecule has 6 heteroatoms. The zero-order valence-electron chi connectivity index (χ0n) is 6.79. The van der Waals surface area contributed by atoms with Gasteiger partial charge in [0.15, 0.2) is 0 Å². The van der Waals surface area contributed by atoms with Crippen LogP contribution in [0.1, 0.15) is 0 Å². The molecule has 0 atom stereocenters. The summed E-state index contributed by atoms with van der Waals surface area (Å²) in [5.74, 6) is 0. The van der Waals surface area contributed by atoms with E-state index in [-0.39, 0.29) is 10.0 Å². The van der Waals surface area contributed by atoms with Gasteiger partial charge in [-0.1, -0.05) is 29.8 Å². The van der Waals surface area contributed by atoms with E-state index < -0.39 is 9.05 Å². The van der Waals surface area contributed by atoms with Crippen LogP contribution in [0.3, 0.4) is 0 Å². The summed E-state index contributed by atoms with van der Waals surface area (Å²) in [6, 6.07) is 6.87. The number of aromatic amines is 1. The molecule has 0 fully saturated rings. The van der Waals surface area contributed by atoms with Crippen molar-refractivity contribution in [2.75, 3.05) is 0 Å². The van der Waals surface area contributed by atoms with E-state index in [1.807, 2.05) is 0 Å². The van der Waals surface area contributed by atoms with Gasteiger partial charge in [0.2, 0.25) is 0 Å². The van der Waals surface area contributed by atoms with Crippen LogP contribution in [0.4, 0.5) is 0 Å². The number of para-hydroxylation sites is 1. The number of rotatable bonds is 1. The first-order valence-electron chi connectivity index (χ1n) is 3.71. The van der Waals surface area contributed by atoms with Crippen LogP contribution in [-0.4, -0.2) is 13.4 Å². The largest absolute Gasteiger partial charge is 0.344 e. The normalized spacial score (nSPS) is 12.1. The van der Waals surface area contributed by atoms with Crippen molar-refractivity contribution in [3.63, 3.8) is 0 Å². The van der Waals surface area contributed by atoms with Crippen molar-refractivity contribution >= 4 is 42.2 Å². The molecule has 3 nitrogen and oxygen atoms in total. The highest BCUT2D eigenvalue weighted by Crippen LogP contribution is 2.32. The van der Waals surface area contributed by atoms with Crippen molar-refractivity contribution in [1.82, 2.24) is 4.98 Å². The molecule has 0 unspecified atom stereocenters. The smallest absolute Gasteiger partial charge is 0.264 e. The second-order valence-electron chi connectivity index (χ2n) is 2.75. The zero-order valence-corrected chi connectivity index (χ0v) is 9.12. The first-order valence-corrected chi connectivity index (χ1v) is 6.40. The first kappa shape index (κ1) is 9.83. The number of fused-ring (bicyclic) bond motifs is 1. The fourth-order valence-corrected chi connectivity index (χ4v) is 3.14. The van der Waals surface area contributed by atoms with Crippen molar-refractivity contribution in [3.8, 4) is 0 Å². The number of aromatic nitrogens is 1. The molecular weight excluding hydrogens is 245 g/mol. The van der Waals surface area contributed by atoms with Gasteiger partial charge in [0.05, 0.1) is 0 Å². The fraction of sp³-hybridized carbons (Fsp3) is 0. The predicted molar refractivity (Wildman–Crippen MR) is 56.3 cm³/mol. The number of hydrogen-bond acceptors (Lipinski definition) is 2. The lowest BCUT2D eigenvalue weighted by atomic mass is 10.2. The Balaban J connectivity index is 2.95. The van der Waals surface area contributed by atoms with E-state index in [0.29, 0.717) is 10.9 Å². The van der Waals surface area contributed by atoms with Gasteiger partial charge in [0, 0.05) is 21.6 Å². The lowest BCUT2D eigenvalue weighted by molar-refractivity contribution is 0.610. The molecular formula is C8H5Cl2NO2S. The molecule has 0 amide bonds. The quantitative estimate of drug-likeness (QED) is 0.791. The average Bonchev–Trinajstić information content (AvgIpc) is 2.38. The van der Waals surface area contributed by atoms with Crippen LogP contribution in [0.5, 0.6) is 0 Å². The molecule has 0 saturated heterocycles. The van der Waals surface area contributed by atoms with Crippen LogP contribution in [-0.2, 0) is 9.05 Å². The summed E-state index contributed by atoms with van der Waals surface area (Å²) >= 11 is 5.73. The summed E-state index contributed by atoms with van der Waals surface area (Å²) in [5, 5.41) is 0.550. The maximum absolute atomic E-state index is 11.2. The summed E-state index contributed by atoms with van der Waals surface area (Å²) < 4.78 is 22.4. The molecule has 1 heterocycles. The Bertz CT molecular complexity index is 588. The number of H-pyrrole nitrogens is 1. The van der Waals surface area contributed by atoms with Crippen molar-refractivity contribution in [1.29, 1.82) is 0 Å². The molecule has 2 aromatic rings. The van der Waals surface area contributed by atoms with Crippen LogP contribution >= 0.6 is 22.3 Å². The number of hydrogen-bond donors (Lipinski definition) is 1. The van der Waals surface area contributed by atoms with Crippen molar-refractivity contribution in [3.05, 3.63) is 29.4 Å². The highest BCUT2D eigenvalue weighted by Gasteiger charge is 2.20. The monoisotopic (exact) mass is 249 g/mol. The molecule has 0 bridgehead atoms. The van der Waals surface area contributed by atoms with Crippen LogP contribution in [0.2, 0.25) is 5.15 Å². The number of nitrogens with one attached hydrogen (secondary N) is 1. The topological polar surface area (TPSA) is 49.9 Å². The molecule has 0 radical (unpaired) electrons. The maximum Gasteiger partial charge on any atom is 0.264 e. The van der Waals surface area contributed by atoms with Gasteiger partial charge in [0.25, 0.3) is 9.05 Å². The zero-order chi connectivity index (χ0) is 10.3. The van der Waals surface area contributed by atoms with Crippen molar-refractivity contribution in [2.24, 2.45) is 0 Å². The van der Waals surface area contributed by atoms with E-state index in [1.165, 1.54) is 0 Å². The van der Waals surface area contributed by atoms with Gasteiger partial charge in [0.1, 0.15) is 10.0 Å². The summed E-state index contributed by atoms with van der Waals surface area (Å²) in [6.07, 6.45) is 0. The molecule has 74 valence electrons. The maximum atomic E-state index is 11.2. The second-order valence-corrected chi connectivity index (χ2v) is 5.63. The van der Waals surface area contributed by atoms with Gasteiger partial charge < -0.3 is 4.98 Å². The second kappa shape index (κ2) is 3.15. The van der Waals surface area contributed by atoms with E-state index in [9.17, 15) is 8.42 Å². The van der Waals surface area contributed by atoms with E-state index >= 15 is 0 Å². The average molecular weight is 250 g/mol. The SMILES string of the molecule is O=S(=O)(Cl)c1c(Cl)[nH]c2ccccc12. The summed E-state index contributed by atoms with van der Waals surface area (Å²) in [7, 11) is 1.44. The molecule has 1 N–H and O–H groups in total. The van der Waals surface area contributed by atoms with Gasteiger partial charge >= 0.3 is 0 Å². The standard InChI is InChI=1S/C8H5Cl2NO2S/c9-8-7(14(10,12)13)5-3-1-2-4-6(5)11-8/h1-4,11H. The molecule has 0 aliphatic carbocycles. The lowest BCUT2D eigenvalue weighted by Gasteiger charge is -1.92. The minimum atomic E-state index is -3.81. The Labute approximate surface area is 90.1 Å². The van der Waals surface area contributed by atoms with E-state index in [4.69, 9.17) is 22.3 Å². The van der Waals surface area contributed by atoms with E-state index in [0.717, 1.165) is 0 Å². The Morgan fingerprint density at radius 2 is 1.86 bits per heavy atom. The molecule has 1 aromatic heterocycles. The third kappa shape index (κ3) is 1.49. The number of halogens is 2. The molecule has 2 rings (SSSR count). The molecule has 0 spiro atoms. The number of benzene rings is 1. The van der Waals surface area contributed by atoms with Crippen LogP contribution in [0.15, 0.2) is 29.2 Å². The Kier molecular flexibility index (Phi) is 2.21. The Hall–Kier alpha value is -0.710. The third-order valence-electron chi connectivity index (χ3n) is 1.86. The van der Waals surface area contributed by atoms with Gasteiger partial charge in [-0.15, -0.1) is 0 Å². The molecule has 1 aromatic carbocycles. The Morgan fingerprint density at radius 1 is 1.21 bits per heavy atom. The highest BCUT2D eigenvalue weighted by molar-refractivity contribution is 8.14. The third-order valence-corrected chi connectivity index (χ3v) is 3.63. The highest BCUT2D eigenvalue weighted by atomic mass is 35.7. The van der Waals surface area contributed by atoms with Gasteiger partial charge in [-0.05, 0) is 6.07 Å². The first-order chi connectivity index (χ1) is 6.50. The molecule has 0 aliphatic heterocycles. The van der Waals surface area contributed by atoms with Crippen LogP contribution in [0.25, 0.3) is 10.9 Å². The predicted octanol–water partition coefficient (Wildman–Crippen LogP) is 2.75. The van der Waals surface area contributed by atoms with Gasteiger partial charge in [-0.3, -0.25) is 0 Å². The van der Waals surface area contributed by atoms with Crippen molar-refractivity contribution in [2.45, 2.75) is 4.90 Å². The summed E-state index contributed by atoms with van der Waals surface area (Å²) in [5.41, 5.74) is 0.650. The minimum absolute atomic E-state index is 0.0428. The van der Waals surface area contributed by atoms with E-state index in [1.54, 1.807) is 24.3 Å². The van der Waals surface area contributed by atoms with Crippen LogP contribution in [0, 0.1) is 0 Å². The molecule has 14 heavy (non-hydrogen) atoms. The lowest BCUT2D eigenvalue weighted by Crippen LogP contribution is -1.89. The molecule has 0 saturated carbocycles. The fourth-order valence-electron chi connectivity index (χ4n) is 1.32. The van der Waals surface area contributed by atoms with Gasteiger partial charge in [-0.25, -0.2) is 8.42 Å². The summed E-state index contributed by atoms with van der Waals surface area (Å²) in [4.78, 5) is 2.68. The van der Waals surface area contributed by atoms with Gasteiger partial charge in [-0.2, -0.15) is 0 Å². The van der Waals surface area contributed by atoms with Crippen molar-refractivity contribution < 1.29 is 8.42 Å². The van der Waals surface area contributed by atoms with Crippen LogP contribution < -0.4 is 0 Å².